The predicted molar refractivity (Wildman–Crippen MR) is 89.3 cm³/mol. The van der Waals surface area contributed by atoms with Crippen molar-refractivity contribution in [1.29, 1.82) is 0 Å². The first kappa shape index (κ1) is 17.1. The van der Waals surface area contributed by atoms with Crippen LogP contribution in [0.3, 0.4) is 0 Å². The standard InChI is InChI=1S/C16H8Cl2N2O5/c17-8-1-3-11(13(18)5-8)14(21)7-19-15(22)10-4-2-9(20(24)25)6-12(10)16(19)23/h1-6H,7H2. The van der Waals surface area contributed by atoms with Crippen molar-refractivity contribution in [2.24, 2.45) is 0 Å². The van der Waals surface area contributed by atoms with Gasteiger partial charge in [0.2, 0.25) is 0 Å². The van der Waals surface area contributed by atoms with E-state index in [0.29, 0.717) is 5.02 Å². The summed E-state index contributed by atoms with van der Waals surface area (Å²) >= 11 is 11.7. The van der Waals surface area contributed by atoms with E-state index in [1.54, 1.807) is 0 Å². The van der Waals surface area contributed by atoms with Crippen molar-refractivity contribution < 1.29 is 19.3 Å². The van der Waals surface area contributed by atoms with Crippen LogP contribution in [0.5, 0.6) is 0 Å². The number of rotatable bonds is 4. The molecular formula is C16H8Cl2N2O5. The van der Waals surface area contributed by atoms with Crippen LogP contribution in [0.4, 0.5) is 5.69 Å². The molecule has 0 unspecified atom stereocenters. The lowest BCUT2D eigenvalue weighted by Gasteiger charge is -2.13. The van der Waals surface area contributed by atoms with Gasteiger partial charge in [-0.3, -0.25) is 29.4 Å². The summed E-state index contributed by atoms with van der Waals surface area (Å²) in [6, 6.07) is 7.60. The van der Waals surface area contributed by atoms with Crippen LogP contribution >= 0.6 is 23.2 Å². The van der Waals surface area contributed by atoms with Crippen molar-refractivity contribution in [2.45, 2.75) is 0 Å². The molecule has 2 amide bonds. The van der Waals surface area contributed by atoms with E-state index in [-0.39, 0.29) is 27.4 Å². The summed E-state index contributed by atoms with van der Waals surface area (Å²) in [5.41, 5.74) is -0.276. The maximum absolute atomic E-state index is 12.4. The Morgan fingerprint density at radius 2 is 1.72 bits per heavy atom. The molecule has 2 aromatic rings. The van der Waals surface area contributed by atoms with Crippen LogP contribution in [0.1, 0.15) is 31.1 Å². The van der Waals surface area contributed by atoms with Gasteiger partial charge in [-0.2, -0.15) is 0 Å². The van der Waals surface area contributed by atoms with E-state index in [1.165, 1.54) is 24.3 Å². The van der Waals surface area contributed by atoms with Gasteiger partial charge in [-0.25, -0.2) is 0 Å². The Morgan fingerprint density at radius 3 is 2.36 bits per heavy atom. The van der Waals surface area contributed by atoms with Crippen LogP contribution in [-0.2, 0) is 0 Å². The zero-order chi connectivity index (χ0) is 18.3. The molecular weight excluding hydrogens is 371 g/mol. The minimum atomic E-state index is -0.762. The molecule has 0 bridgehead atoms. The summed E-state index contributed by atoms with van der Waals surface area (Å²) in [6.07, 6.45) is 0. The minimum absolute atomic E-state index is 0.0191. The van der Waals surface area contributed by atoms with Crippen molar-refractivity contribution in [3.63, 3.8) is 0 Å². The molecule has 0 saturated carbocycles. The number of halogens is 2. The molecule has 1 aliphatic heterocycles. The normalized spacial score (nSPS) is 13.1. The number of carbonyl (C=O) groups excluding carboxylic acids is 3. The van der Waals surface area contributed by atoms with E-state index < -0.39 is 29.1 Å². The Morgan fingerprint density at radius 1 is 1.04 bits per heavy atom. The second-order valence-corrected chi connectivity index (χ2v) is 6.07. The molecule has 0 fully saturated rings. The highest BCUT2D eigenvalue weighted by Crippen LogP contribution is 2.28. The number of Topliss-reactive ketones (excluding diaryl/α,β-unsaturated/α-hetero) is 1. The zero-order valence-electron chi connectivity index (χ0n) is 12.4. The van der Waals surface area contributed by atoms with Crippen molar-refractivity contribution in [3.05, 3.63) is 73.2 Å². The molecule has 3 rings (SSSR count). The molecule has 0 aromatic heterocycles. The van der Waals surface area contributed by atoms with E-state index in [2.05, 4.69) is 0 Å². The molecule has 126 valence electrons. The van der Waals surface area contributed by atoms with Gasteiger partial charge in [0.1, 0.15) is 0 Å². The first-order valence-corrected chi connectivity index (χ1v) is 7.68. The maximum Gasteiger partial charge on any atom is 0.270 e. The van der Waals surface area contributed by atoms with Crippen LogP contribution in [0.25, 0.3) is 0 Å². The number of benzene rings is 2. The largest absolute Gasteiger partial charge is 0.292 e. The van der Waals surface area contributed by atoms with E-state index in [0.717, 1.165) is 17.0 Å². The van der Waals surface area contributed by atoms with E-state index >= 15 is 0 Å². The first-order valence-electron chi connectivity index (χ1n) is 6.92. The lowest BCUT2D eigenvalue weighted by atomic mass is 10.1. The molecule has 0 saturated heterocycles. The number of ketones is 1. The molecule has 0 atom stereocenters. The van der Waals surface area contributed by atoms with E-state index in [1.807, 2.05) is 0 Å². The topological polar surface area (TPSA) is 97.6 Å². The highest BCUT2D eigenvalue weighted by Gasteiger charge is 2.38. The van der Waals surface area contributed by atoms with Gasteiger partial charge in [-0.1, -0.05) is 23.2 Å². The van der Waals surface area contributed by atoms with Crippen LogP contribution in [0.15, 0.2) is 36.4 Å². The zero-order valence-corrected chi connectivity index (χ0v) is 13.9. The van der Waals surface area contributed by atoms with Crippen LogP contribution in [0.2, 0.25) is 10.0 Å². The van der Waals surface area contributed by atoms with Crippen LogP contribution in [0, 0.1) is 10.1 Å². The number of nitro groups is 1. The first-order chi connectivity index (χ1) is 11.8. The molecule has 9 heteroatoms. The summed E-state index contributed by atoms with van der Waals surface area (Å²) in [5.74, 6) is -2.00. The van der Waals surface area contributed by atoms with E-state index in [9.17, 15) is 24.5 Å². The summed E-state index contributed by atoms with van der Waals surface area (Å²) in [6.45, 7) is -0.526. The third-order valence-corrected chi connectivity index (χ3v) is 4.25. The van der Waals surface area contributed by atoms with Gasteiger partial charge in [-0.15, -0.1) is 0 Å². The van der Waals surface area contributed by atoms with E-state index in [4.69, 9.17) is 23.2 Å². The lowest BCUT2D eigenvalue weighted by Crippen LogP contribution is -2.35. The quantitative estimate of drug-likeness (QED) is 0.351. The highest BCUT2D eigenvalue weighted by molar-refractivity contribution is 6.37. The Bertz CT molecular complexity index is 958. The summed E-state index contributed by atoms with van der Waals surface area (Å²) in [7, 11) is 0. The molecule has 2 aromatic carbocycles. The lowest BCUT2D eigenvalue weighted by molar-refractivity contribution is -0.384. The van der Waals surface area contributed by atoms with Gasteiger partial charge in [0, 0.05) is 22.7 Å². The van der Waals surface area contributed by atoms with Crippen molar-refractivity contribution >= 4 is 46.5 Å². The predicted octanol–water partition coefficient (Wildman–Crippen LogP) is 3.38. The fraction of sp³-hybridized carbons (Fsp3) is 0.0625. The number of non-ortho nitro benzene ring substituents is 1. The second-order valence-electron chi connectivity index (χ2n) is 5.23. The molecule has 0 N–H and O–H groups in total. The number of fused-ring (bicyclic) bond motifs is 1. The fourth-order valence-corrected chi connectivity index (χ4v) is 2.99. The number of nitrogens with zero attached hydrogens (tertiary/aromatic N) is 2. The van der Waals surface area contributed by atoms with Gasteiger partial charge >= 0.3 is 0 Å². The molecule has 7 nitrogen and oxygen atoms in total. The molecule has 25 heavy (non-hydrogen) atoms. The number of amides is 2. The molecule has 1 heterocycles. The summed E-state index contributed by atoms with van der Waals surface area (Å²) in [5, 5.41) is 11.3. The summed E-state index contributed by atoms with van der Waals surface area (Å²) in [4.78, 5) is 47.9. The smallest absolute Gasteiger partial charge is 0.270 e. The van der Waals surface area contributed by atoms with Crippen molar-refractivity contribution in [2.75, 3.05) is 6.54 Å². The maximum atomic E-state index is 12.4. The monoisotopic (exact) mass is 378 g/mol. The molecule has 1 aliphatic rings. The Hall–Kier alpha value is -2.77. The van der Waals surface area contributed by atoms with Gasteiger partial charge in [-0.05, 0) is 24.3 Å². The fourth-order valence-electron chi connectivity index (χ4n) is 2.48. The minimum Gasteiger partial charge on any atom is -0.292 e. The molecule has 0 aliphatic carbocycles. The number of nitro benzene ring substituents is 1. The van der Waals surface area contributed by atoms with Crippen molar-refractivity contribution in [3.8, 4) is 0 Å². The number of hydrogen-bond donors (Lipinski definition) is 0. The Labute approximate surface area is 150 Å². The van der Waals surface area contributed by atoms with Gasteiger partial charge in [0.15, 0.2) is 5.78 Å². The van der Waals surface area contributed by atoms with Gasteiger partial charge in [0.05, 0.1) is 27.6 Å². The average molecular weight is 379 g/mol. The third kappa shape index (κ3) is 2.99. The van der Waals surface area contributed by atoms with Crippen LogP contribution in [-0.4, -0.2) is 34.0 Å². The second kappa shape index (κ2) is 6.27. The average Bonchev–Trinajstić information content (AvgIpc) is 2.79. The SMILES string of the molecule is O=C(CN1C(=O)c2ccc([N+](=O)[O-])cc2C1=O)c1ccc(Cl)cc1Cl. The Balaban J connectivity index is 1.89. The number of imide groups is 1. The molecule has 0 spiro atoms. The van der Waals surface area contributed by atoms with Gasteiger partial charge in [0.25, 0.3) is 17.5 Å². The van der Waals surface area contributed by atoms with Crippen LogP contribution < -0.4 is 0 Å². The molecule has 0 radical (unpaired) electrons. The highest BCUT2D eigenvalue weighted by atomic mass is 35.5. The van der Waals surface area contributed by atoms with Gasteiger partial charge < -0.3 is 0 Å². The Kier molecular flexibility index (Phi) is 4.28. The number of hydrogen-bond acceptors (Lipinski definition) is 5. The third-order valence-electron chi connectivity index (χ3n) is 3.70. The summed E-state index contributed by atoms with van der Waals surface area (Å²) < 4.78 is 0. The number of carbonyl (C=O) groups is 3. The van der Waals surface area contributed by atoms with Crippen molar-refractivity contribution in [1.82, 2.24) is 4.90 Å².